The Labute approximate surface area is 165 Å². The van der Waals surface area contributed by atoms with Crippen LogP contribution in [0, 0.1) is 11.3 Å². The average Bonchev–Trinajstić information content (AvgIpc) is 3.25. The SMILES string of the molecule is CCCCOc1ccc(/C=C(\C#N)C(=O)NC[C@H]2CCCO2)c2ccccc12. The number of unbranched alkanes of at least 4 members (excludes halogenated alkanes) is 1. The highest BCUT2D eigenvalue weighted by Gasteiger charge is 2.18. The van der Waals surface area contributed by atoms with Crippen LogP contribution in [-0.2, 0) is 9.53 Å². The molecule has 1 heterocycles. The van der Waals surface area contributed by atoms with Gasteiger partial charge in [0.1, 0.15) is 17.4 Å². The summed E-state index contributed by atoms with van der Waals surface area (Å²) >= 11 is 0. The zero-order valence-corrected chi connectivity index (χ0v) is 16.2. The zero-order chi connectivity index (χ0) is 19.8. The van der Waals surface area contributed by atoms with Crippen LogP contribution < -0.4 is 10.1 Å². The molecule has 2 aromatic carbocycles. The number of rotatable bonds is 8. The summed E-state index contributed by atoms with van der Waals surface area (Å²) in [6, 6.07) is 13.7. The van der Waals surface area contributed by atoms with Crippen LogP contribution in [-0.4, -0.2) is 31.8 Å². The van der Waals surface area contributed by atoms with Crippen LogP contribution >= 0.6 is 0 Å². The average molecular weight is 378 g/mol. The second kappa shape index (κ2) is 9.91. The van der Waals surface area contributed by atoms with E-state index < -0.39 is 0 Å². The van der Waals surface area contributed by atoms with Gasteiger partial charge in [0.25, 0.3) is 5.91 Å². The van der Waals surface area contributed by atoms with Crippen molar-refractivity contribution in [3.05, 3.63) is 47.5 Å². The van der Waals surface area contributed by atoms with Crippen molar-refractivity contribution in [3.8, 4) is 11.8 Å². The highest BCUT2D eigenvalue weighted by Crippen LogP contribution is 2.30. The molecule has 0 aromatic heterocycles. The molecule has 3 rings (SSSR count). The summed E-state index contributed by atoms with van der Waals surface area (Å²) in [6.45, 7) is 3.97. The van der Waals surface area contributed by atoms with Gasteiger partial charge in [0.15, 0.2) is 0 Å². The van der Waals surface area contributed by atoms with E-state index in [2.05, 4.69) is 12.2 Å². The molecule has 0 saturated carbocycles. The number of carbonyl (C=O) groups is 1. The van der Waals surface area contributed by atoms with Crippen LogP contribution in [0.1, 0.15) is 38.2 Å². The van der Waals surface area contributed by atoms with Crippen molar-refractivity contribution in [2.45, 2.75) is 38.7 Å². The lowest BCUT2D eigenvalue weighted by atomic mass is 10.0. The van der Waals surface area contributed by atoms with E-state index in [9.17, 15) is 10.1 Å². The first-order chi connectivity index (χ1) is 13.7. The number of ether oxygens (including phenoxy) is 2. The minimum Gasteiger partial charge on any atom is -0.493 e. The van der Waals surface area contributed by atoms with E-state index in [4.69, 9.17) is 9.47 Å². The van der Waals surface area contributed by atoms with E-state index in [0.717, 1.165) is 54.4 Å². The normalized spacial score (nSPS) is 16.7. The summed E-state index contributed by atoms with van der Waals surface area (Å²) in [4.78, 5) is 12.4. The van der Waals surface area contributed by atoms with E-state index in [1.54, 1.807) is 6.08 Å². The van der Waals surface area contributed by atoms with Crippen LogP contribution in [0.3, 0.4) is 0 Å². The van der Waals surface area contributed by atoms with Crippen LogP contribution in [0.25, 0.3) is 16.8 Å². The molecule has 0 unspecified atom stereocenters. The third-order valence-electron chi connectivity index (χ3n) is 4.85. The summed E-state index contributed by atoms with van der Waals surface area (Å²) in [5.74, 6) is 0.452. The van der Waals surface area contributed by atoms with Gasteiger partial charge in [-0.05, 0) is 42.4 Å². The minimum atomic E-state index is -0.370. The third-order valence-corrected chi connectivity index (χ3v) is 4.85. The molecular weight excluding hydrogens is 352 g/mol. The van der Waals surface area contributed by atoms with Gasteiger partial charge in [-0.2, -0.15) is 5.26 Å². The van der Waals surface area contributed by atoms with Gasteiger partial charge in [0, 0.05) is 18.5 Å². The molecule has 1 N–H and O–H groups in total. The quantitative estimate of drug-likeness (QED) is 0.424. The van der Waals surface area contributed by atoms with Gasteiger partial charge in [-0.3, -0.25) is 4.79 Å². The summed E-state index contributed by atoms with van der Waals surface area (Å²) in [5.41, 5.74) is 0.907. The Morgan fingerprint density at radius 1 is 1.32 bits per heavy atom. The molecule has 5 heteroatoms. The van der Waals surface area contributed by atoms with Crippen molar-refractivity contribution in [2.24, 2.45) is 0 Å². The van der Waals surface area contributed by atoms with Crippen molar-refractivity contribution < 1.29 is 14.3 Å². The Balaban J connectivity index is 1.81. The first-order valence-electron chi connectivity index (χ1n) is 9.89. The first-order valence-corrected chi connectivity index (χ1v) is 9.89. The standard InChI is InChI=1S/C23H26N2O3/c1-2-3-12-28-22-11-10-17(20-8-4-5-9-21(20)22)14-18(15-24)23(26)25-16-19-7-6-13-27-19/h4-5,8-11,14,19H,2-3,6-7,12-13,16H2,1H3,(H,25,26)/b18-14+/t19-/m1/s1. The van der Waals surface area contributed by atoms with Crippen LogP contribution in [0.2, 0.25) is 0 Å². The Kier molecular flexibility index (Phi) is 7.05. The van der Waals surface area contributed by atoms with E-state index in [0.29, 0.717) is 13.2 Å². The topological polar surface area (TPSA) is 71.3 Å². The first kappa shape index (κ1) is 19.9. The molecule has 28 heavy (non-hydrogen) atoms. The van der Waals surface area contributed by atoms with Crippen molar-refractivity contribution in [3.63, 3.8) is 0 Å². The second-order valence-electron chi connectivity index (χ2n) is 6.92. The molecule has 0 bridgehead atoms. The Morgan fingerprint density at radius 2 is 2.14 bits per heavy atom. The lowest BCUT2D eigenvalue weighted by molar-refractivity contribution is -0.117. The molecule has 0 aliphatic carbocycles. The molecule has 1 atom stereocenters. The van der Waals surface area contributed by atoms with E-state index in [-0.39, 0.29) is 17.6 Å². The van der Waals surface area contributed by atoms with Gasteiger partial charge in [0.2, 0.25) is 0 Å². The number of fused-ring (bicyclic) bond motifs is 1. The number of nitrogens with one attached hydrogen (secondary N) is 1. The maximum absolute atomic E-state index is 12.4. The lowest BCUT2D eigenvalue weighted by Gasteiger charge is -2.12. The molecule has 0 spiro atoms. The molecule has 1 amide bonds. The van der Waals surface area contributed by atoms with Crippen molar-refractivity contribution in [2.75, 3.05) is 19.8 Å². The van der Waals surface area contributed by atoms with Gasteiger partial charge in [-0.15, -0.1) is 0 Å². The van der Waals surface area contributed by atoms with Gasteiger partial charge in [-0.25, -0.2) is 0 Å². The number of hydrogen-bond donors (Lipinski definition) is 1. The Bertz CT molecular complexity index is 892. The highest BCUT2D eigenvalue weighted by atomic mass is 16.5. The molecule has 1 aliphatic rings. The fraction of sp³-hybridized carbons (Fsp3) is 0.391. The number of benzene rings is 2. The predicted molar refractivity (Wildman–Crippen MR) is 110 cm³/mol. The number of amides is 1. The van der Waals surface area contributed by atoms with Crippen molar-refractivity contribution in [1.29, 1.82) is 5.26 Å². The summed E-state index contributed by atoms with van der Waals surface area (Å²) < 4.78 is 11.4. The molecule has 1 saturated heterocycles. The Hall–Kier alpha value is -2.84. The molecular formula is C23H26N2O3. The molecule has 1 fully saturated rings. The minimum absolute atomic E-state index is 0.0456. The number of nitriles is 1. The zero-order valence-electron chi connectivity index (χ0n) is 16.2. The summed E-state index contributed by atoms with van der Waals surface area (Å²) in [7, 11) is 0. The summed E-state index contributed by atoms with van der Waals surface area (Å²) in [6.07, 6.45) is 5.72. The van der Waals surface area contributed by atoms with Crippen molar-refractivity contribution in [1.82, 2.24) is 5.32 Å². The monoisotopic (exact) mass is 378 g/mol. The lowest BCUT2D eigenvalue weighted by Crippen LogP contribution is -2.32. The maximum atomic E-state index is 12.4. The third kappa shape index (κ3) is 4.90. The molecule has 1 aliphatic heterocycles. The van der Waals surface area contributed by atoms with E-state index in [1.165, 1.54) is 0 Å². The van der Waals surface area contributed by atoms with Gasteiger partial charge in [-0.1, -0.05) is 43.7 Å². The van der Waals surface area contributed by atoms with Crippen LogP contribution in [0.4, 0.5) is 0 Å². The number of hydrogen-bond acceptors (Lipinski definition) is 4. The number of nitrogens with zero attached hydrogens (tertiary/aromatic N) is 1. The molecule has 2 aromatic rings. The summed E-state index contributed by atoms with van der Waals surface area (Å²) in [5, 5.41) is 14.2. The van der Waals surface area contributed by atoms with Gasteiger partial charge < -0.3 is 14.8 Å². The maximum Gasteiger partial charge on any atom is 0.262 e. The molecule has 146 valence electrons. The van der Waals surface area contributed by atoms with E-state index >= 15 is 0 Å². The Morgan fingerprint density at radius 3 is 2.86 bits per heavy atom. The molecule has 5 nitrogen and oxygen atoms in total. The van der Waals surface area contributed by atoms with Crippen LogP contribution in [0.15, 0.2) is 42.0 Å². The smallest absolute Gasteiger partial charge is 0.262 e. The largest absolute Gasteiger partial charge is 0.493 e. The fourth-order valence-electron chi connectivity index (χ4n) is 3.28. The second-order valence-corrected chi connectivity index (χ2v) is 6.92. The van der Waals surface area contributed by atoms with Crippen LogP contribution in [0.5, 0.6) is 5.75 Å². The van der Waals surface area contributed by atoms with Gasteiger partial charge >= 0.3 is 0 Å². The highest BCUT2D eigenvalue weighted by molar-refractivity contribution is 6.04. The van der Waals surface area contributed by atoms with Gasteiger partial charge in [0.05, 0.1) is 12.7 Å². The number of carbonyl (C=O) groups excluding carboxylic acids is 1. The molecule has 0 radical (unpaired) electrons. The van der Waals surface area contributed by atoms with Crippen molar-refractivity contribution >= 4 is 22.8 Å². The fourth-order valence-corrected chi connectivity index (χ4v) is 3.28. The predicted octanol–water partition coefficient (Wildman–Crippen LogP) is 4.22. The van der Waals surface area contributed by atoms with E-state index in [1.807, 2.05) is 42.5 Å².